The van der Waals surface area contributed by atoms with E-state index in [1.807, 2.05) is 0 Å². The molecule has 104 valence electrons. The minimum absolute atomic E-state index is 0.0785. The SMILES string of the molecule is Cc1cc(F)cc(C)c1C(=O)c1c(F)ccc(N)c1F. The summed E-state index contributed by atoms with van der Waals surface area (Å²) in [6, 6.07) is 4.26. The van der Waals surface area contributed by atoms with Crippen LogP contribution in [0, 0.1) is 31.3 Å². The Morgan fingerprint density at radius 3 is 2.10 bits per heavy atom. The Balaban J connectivity index is 2.67. The van der Waals surface area contributed by atoms with Crippen LogP contribution >= 0.6 is 0 Å². The maximum atomic E-state index is 13.9. The number of ketones is 1. The highest BCUT2D eigenvalue weighted by atomic mass is 19.1. The molecule has 0 spiro atoms. The maximum absolute atomic E-state index is 13.9. The summed E-state index contributed by atoms with van der Waals surface area (Å²) in [5.74, 6) is -3.45. The standard InChI is InChI=1S/C15H12F3NO/c1-7-5-9(16)6-8(2)12(7)15(20)13-10(17)3-4-11(19)14(13)18/h3-6H,19H2,1-2H3. The molecule has 0 heterocycles. The lowest BCUT2D eigenvalue weighted by atomic mass is 9.94. The second-order valence-electron chi connectivity index (χ2n) is 4.57. The Hall–Kier alpha value is -2.30. The third-order valence-electron chi connectivity index (χ3n) is 3.07. The first kappa shape index (κ1) is 14.1. The number of carbonyl (C=O) groups is 1. The zero-order valence-electron chi connectivity index (χ0n) is 10.9. The van der Waals surface area contributed by atoms with Gasteiger partial charge >= 0.3 is 0 Å². The smallest absolute Gasteiger partial charge is 0.199 e. The first-order chi connectivity index (χ1) is 9.32. The Bertz CT molecular complexity index is 688. The molecule has 0 aliphatic rings. The molecule has 0 fully saturated rings. The summed E-state index contributed by atoms with van der Waals surface area (Å²) < 4.78 is 40.8. The fourth-order valence-corrected chi connectivity index (χ4v) is 2.17. The van der Waals surface area contributed by atoms with Crippen molar-refractivity contribution in [3.8, 4) is 0 Å². The van der Waals surface area contributed by atoms with Crippen LogP contribution in [0.15, 0.2) is 24.3 Å². The predicted molar refractivity (Wildman–Crippen MR) is 70.1 cm³/mol. The Kier molecular flexibility index (Phi) is 3.53. The van der Waals surface area contributed by atoms with Crippen molar-refractivity contribution in [2.24, 2.45) is 0 Å². The van der Waals surface area contributed by atoms with E-state index in [2.05, 4.69) is 0 Å². The number of hydrogen-bond donors (Lipinski definition) is 1. The van der Waals surface area contributed by atoms with Gasteiger partial charge < -0.3 is 5.73 Å². The van der Waals surface area contributed by atoms with Gasteiger partial charge in [-0.15, -0.1) is 0 Å². The highest BCUT2D eigenvalue weighted by molar-refractivity contribution is 6.11. The molecule has 0 aliphatic carbocycles. The fraction of sp³-hybridized carbons (Fsp3) is 0.133. The van der Waals surface area contributed by atoms with E-state index in [4.69, 9.17) is 5.73 Å². The van der Waals surface area contributed by atoms with Crippen molar-refractivity contribution in [1.82, 2.24) is 0 Å². The summed E-state index contributed by atoms with van der Waals surface area (Å²) in [7, 11) is 0. The van der Waals surface area contributed by atoms with E-state index >= 15 is 0 Å². The molecule has 0 unspecified atom stereocenters. The zero-order valence-corrected chi connectivity index (χ0v) is 10.9. The van der Waals surface area contributed by atoms with E-state index < -0.39 is 28.8 Å². The molecule has 20 heavy (non-hydrogen) atoms. The number of nitrogen functional groups attached to an aromatic ring is 1. The molecule has 5 heteroatoms. The normalized spacial score (nSPS) is 10.7. The van der Waals surface area contributed by atoms with Gasteiger partial charge in [-0.25, -0.2) is 13.2 Å². The van der Waals surface area contributed by atoms with Gasteiger partial charge in [0.25, 0.3) is 0 Å². The molecule has 0 saturated carbocycles. The predicted octanol–water partition coefficient (Wildman–Crippen LogP) is 3.53. The van der Waals surface area contributed by atoms with Crippen molar-refractivity contribution in [3.05, 3.63) is 64.0 Å². The summed E-state index contributed by atoms with van der Waals surface area (Å²) >= 11 is 0. The lowest BCUT2D eigenvalue weighted by molar-refractivity contribution is 0.103. The van der Waals surface area contributed by atoms with Crippen molar-refractivity contribution in [2.45, 2.75) is 13.8 Å². The average Bonchev–Trinajstić information content (AvgIpc) is 2.33. The van der Waals surface area contributed by atoms with Gasteiger partial charge in [-0.05, 0) is 49.2 Å². The third-order valence-corrected chi connectivity index (χ3v) is 3.07. The zero-order chi connectivity index (χ0) is 15.0. The van der Waals surface area contributed by atoms with E-state index in [1.54, 1.807) is 0 Å². The maximum Gasteiger partial charge on any atom is 0.199 e. The van der Waals surface area contributed by atoms with Crippen molar-refractivity contribution >= 4 is 11.5 Å². The number of nitrogens with two attached hydrogens (primary N) is 1. The molecule has 0 saturated heterocycles. The second kappa shape index (κ2) is 5.00. The Morgan fingerprint density at radius 1 is 1.00 bits per heavy atom. The fourth-order valence-electron chi connectivity index (χ4n) is 2.17. The summed E-state index contributed by atoms with van der Waals surface area (Å²) in [4.78, 5) is 12.3. The van der Waals surface area contributed by atoms with Crippen molar-refractivity contribution in [1.29, 1.82) is 0 Å². The summed E-state index contributed by atoms with van der Waals surface area (Å²) in [5.41, 5.74) is 5.03. The quantitative estimate of drug-likeness (QED) is 0.675. The number of halogens is 3. The van der Waals surface area contributed by atoms with Crippen LogP contribution < -0.4 is 5.73 Å². The van der Waals surface area contributed by atoms with Gasteiger partial charge in [0.2, 0.25) is 0 Å². The van der Waals surface area contributed by atoms with Crippen molar-refractivity contribution in [2.75, 3.05) is 5.73 Å². The molecule has 0 atom stereocenters. The number of benzene rings is 2. The van der Waals surface area contributed by atoms with Gasteiger partial charge in [-0.2, -0.15) is 0 Å². The van der Waals surface area contributed by atoms with Gasteiger partial charge in [-0.1, -0.05) is 0 Å². The monoisotopic (exact) mass is 279 g/mol. The third kappa shape index (κ3) is 2.27. The molecule has 2 nitrogen and oxygen atoms in total. The summed E-state index contributed by atoms with van der Waals surface area (Å²) in [6.45, 7) is 3.01. The summed E-state index contributed by atoms with van der Waals surface area (Å²) in [5, 5.41) is 0. The first-order valence-corrected chi connectivity index (χ1v) is 5.88. The van der Waals surface area contributed by atoms with Gasteiger partial charge in [0.15, 0.2) is 11.6 Å². The largest absolute Gasteiger partial charge is 0.396 e. The van der Waals surface area contributed by atoms with Crippen LogP contribution in [-0.2, 0) is 0 Å². The minimum atomic E-state index is -1.10. The molecule has 0 amide bonds. The lowest BCUT2D eigenvalue weighted by Crippen LogP contribution is -2.12. The van der Waals surface area contributed by atoms with Gasteiger partial charge in [0, 0.05) is 5.56 Å². The van der Waals surface area contributed by atoms with Gasteiger partial charge in [0.1, 0.15) is 11.6 Å². The van der Waals surface area contributed by atoms with Gasteiger partial charge in [0.05, 0.1) is 11.3 Å². The number of aryl methyl sites for hydroxylation is 2. The van der Waals surface area contributed by atoms with Crippen LogP contribution in [-0.4, -0.2) is 5.78 Å². The second-order valence-corrected chi connectivity index (χ2v) is 4.57. The molecule has 2 aromatic carbocycles. The van der Waals surface area contributed by atoms with Crippen LogP contribution in [0.2, 0.25) is 0 Å². The van der Waals surface area contributed by atoms with Crippen LogP contribution in [0.25, 0.3) is 0 Å². The number of carbonyl (C=O) groups excluding carboxylic acids is 1. The lowest BCUT2D eigenvalue weighted by Gasteiger charge is -2.11. The Morgan fingerprint density at radius 2 is 1.55 bits per heavy atom. The van der Waals surface area contributed by atoms with E-state index in [1.165, 1.54) is 13.8 Å². The molecular weight excluding hydrogens is 267 g/mol. The highest BCUT2D eigenvalue weighted by Crippen LogP contribution is 2.25. The van der Waals surface area contributed by atoms with E-state index in [9.17, 15) is 18.0 Å². The Labute approximate surface area is 114 Å². The van der Waals surface area contributed by atoms with E-state index in [0.717, 1.165) is 24.3 Å². The van der Waals surface area contributed by atoms with Crippen LogP contribution in [0.5, 0.6) is 0 Å². The number of hydrogen-bond acceptors (Lipinski definition) is 2. The number of anilines is 1. The molecular formula is C15H12F3NO. The topological polar surface area (TPSA) is 43.1 Å². The molecule has 0 bridgehead atoms. The highest BCUT2D eigenvalue weighted by Gasteiger charge is 2.23. The summed E-state index contributed by atoms with van der Waals surface area (Å²) in [6.07, 6.45) is 0. The van der Waals surface area contributed by atoms with E-state index in [0.29, 0.717) is 11.1 Å². The molecule has 0 aliphatic heterocycles. The molecule has 0 aromatic heterocycles. The van der Waals surface area contributed by atoms with Crippen molar-refractivity contribution in [3.63, 3.8) is 0 Å². The van der Waals surface area contributed by atoms with Crippen LogP contribution in [0.4, 0.5) is 18.9 Å². The van der Waals surface area contributed by atoms with E-state index in [-0.39, 0.29) is 11.3 Å². The average molecular weight is 279 g/mol. The molecule has 2 aromatic rings. The minimum Gasteiger partial charge on any atom is -0.396 e. The van der Waals surface area contributed by atoms with Crippen LogP contribution in [0.1, 0.15) is 27.0 Å². The number of rotatable bonds is 2. The molecule has 2 rings (SSSR count). The first-order valence-electron chi connectivity index (χ1n) is 5.88. The molecule has 0 radical (unpaired) electrons. The van der Waals surface area contributed by atoms with Crippen molar-refractivity contribution < 1.29 is 18.0 Å². The molecule has 2 N–H and O–H groups in total. The van der Waals surface area contributed by atoms with Gasteiger partial charge in [-0.3, -0.25) is 4.79 Å². The van der Waals surface area contributed by atoms with Crippen LogP contribution in [0.3, 0.4) is 0 Å².